The van der Waals surface area contributed by atoms with Gasteiger partial charge in [0.1, 0.15) is 11.5 Å². The van der Waals surface area contributed by atoms with Crippen molar-refractivity contribution >= 4 is 6.08 Å². The Morgan fingerprint density at radius 3 is 3.05 bits per heavy atom. The predicted octanol–water partition coefficient (Wildman–Crippen LogP) is 3.13. The fraction of sp³-hybridized carbons (Fsp3) is 0.294. The van der Waals surface area contributed by atoms with Crippen LogP contribution >= 0.6 is 0 Å². The van der Waals surface area contributed by atoms with Crippen molar-refractivity contribution in [1.82, 2.24) is 5.32 Å². The van der Waals surface area contributed by atoms with E-state index in [9.17, 15) is 0 Å². The first-order valence-electron chi connectivity index (χ1n) is 7.03. The highest BCUT2D eigenvalue weighted by Gasteiger charge is 2.18. The van der Waals surface area contributed by atoms with Crippen molar-refractivity contribution in [3.8, 4) is 5.75 Å². The highest BCUT2D eigenvalue weighted by molar-refractivity contribution is 5.42. The Kier molecular flexibility index (Phi) is 4.19. The summed E-state index contributed by atoms with van der Waals surface area (Å²) in [6.07, 6.45) is 6.84. The highest BCUT2D eigenvalue weighted by Crippen LogP contribution is 2.26. The van der Waals surface area contributed by atoms with E-state index in [1.54, 1.807) is 6.26 Å². The molecule has 3 nitrogen and oxygen atoms in total. The molecule has 0 amide bonds. The molecule has 104 valence electrons. The van der Waals surface area contributed by atoms with Gasteiger partial charge in [0, 0.05) is 19.0 Å². The Hall–Kier alpha value is -2.00. The van der Waals surface area contributed by atoms with Gasteiger partial charge >= 0.3 is 0 Å². The van der Waals surface area contributed by atoms with E-state index in [0.29, 0.717) is 5.92 Å². The molecule has 0 bridgehead atoms. The number of hydrogen-bond acceptors (Lipinski definition) is 3. The summed E-state index contributed by atoms with van der Waals surface area (Å²) >= 11 is 0. The van der Waals surface area contributed by atoms with Gasteiger partial charge in [-0.3, -0.25) is 0 Å². The minimum absolute atomic E-state index is 0.543. The number of fused-ring (bicyclic) bond motifs is 1. The van der Waals surface area contributed by atoms with Crippen molar-refractivity contribution in [3.05, 3.63) is 60.1 Å². The predicted molar refractivity (Wildman–Crippen MR) is 79.7 cm³/mol. The largest absolute Gasteiger partial charge is 0.493 e. The van der Waals surface area contributed by atoms with Crippen LogP contribution in [-0.4, -0.2) is 19.7 Å². The van der Waals surface area contributed by atoms with Crippen molar-refractivity contribution in [1.29, 1.82) is 0 Å². The number of para-hydroxylation sites is 1. The Labute approximate surface area is 119 Å². The maximum absolute atomic E-state index is 5.78. The Bertz CT molecular complexity index is 560. The Morgan fingerprint density at radius 2 is 2.15 bits per heavy atom. The molecule has 0 aliphatic carbocycles. The first-order chi connectivity index (χ1) is 9.92. The molecule has 0 saturated carbocycles. The molecular formula is C17H19NO2. The summed E-state index contributed by atoms with van der Waals surface area (Å²) in [5.41, 5.74) is 1.32. The van der Waals surface area contributed by atoms with E-state index in [1.165, 1.54) is 5.56 Å². The van der Waals surface area contributed by atoms with E-state index >= 15 is 0 Å². The molecule has 1 aliphatic rings. The summed E-state index contributed by atoms with van der Waals surface area (Å²) in [5.74, 6) is 2.48. The van der Waals surface area contributed by atoms with Gasteiger partial charge in [0.05, 0.1) is 12.9 Å². The monoisotopic (exact) mass is 269 g/mol. The summed E-state index contributed by atoms with van der Waals surface area (Å²) in [6.45, 7) is 2.61. The van der Waals surface area contributed by atoms with Crippen molar-refractivity contribution in [2.45, 2.75) is 6.42 Å². The molecule has 2 aromatic rings. The molecule has 3 heteroatoms. The molecule has 1 aromatic carbocycles. The first-order valence-corrected chi connectivity index (χ1v) is 7.03. The van der Waals surface area contributed by atoms with Crippen LogP contribution in [-0.2, 0) is 6.42 Å². The van der Waals surface area contributed by atoms with Crippen LogP contribution < -0.4 is 10.1 Å². The molecule has 3 rings (SSSR count). The summed E-state index contributed by atoms with van der Waals surface area (Å²) in [6, 6.07) is 12.1. The average molecular weight is 269 g/mol. The smallest absolute Gasteiger partial charge is 0.126 e. The van der Waals surface area contributed by atoms with Gasteiger partial charge in [-0.1, -0.05) is 24.3 Å². The zero-order valence-electron chi connectivity index (χ0n) is 11.4. The summed E-state index contributed by atoms with van der Waals surface area (Å²) in [4.78, 5) is 0. The molecule has 2 heterocycles. The Balaban J connectivity index is 1.42. The van der Waals surface area contributed by atoms with E-state index in [2.05, 4.69) is 23.5 Å². The minimum atomic E-state index is 0.543. The molecule has 1 aliphatic heterocycles. The molecule has 0 unspecified atom stereocenters. The lowest BCUT2D eigenvalue weighted by Crippen LogP contribution is -2.31. The average Bonchev–Trinajstić information content (AvgIpc) is 3.00. The number of nitrogens with one attached hydrogen (secondary N) is 1. The highest BCUT2D eigenvalue weighted by atomic mass is 16.5. The van der Waals surface area contributed by atoms with Crippen LogP contribution in [0.5, 0.6) is 5.75 Å². The SMILES string of the molecule is C(=Cc1ccco1)CNC[C@@H]1COc2ccccc2C1. The van der Waals surface area contributed by atoms with Crippen LogP contribution in [0.3, 0.4) is 0 Å². The molecular weight excluding hydrogens is 250 g/mol. The fourth-order valence-corrected chi connectivity index (χ4v) is 2.45. The molecule has 20 heavy (non-hydrogen) atoms. The van der Waals surface area contributed by atoms with E-state index < -0.39 is 0 Å². The standard InChI is InChI=1S/C17H19NO2/c1-2-8-17-15(5-1)11-14(13-20-17)12-18-9-3-6-16-7-4-10-19-16/h1-8,10,14,18H,9,11-13H2/t14-/m1/s1. The summed E-state index contributed by atoms with van der Waals surface area (Å²) in [7, 11) is 0. The van der Waals surface area contributed by atoms with Crippen LogP contribution in [0.1, 0.15) is 11.3 Å². The van der Waals surface area contributed by atoms with Crippen LogP contribution in [0.4, 0.5) is 0 Å². The van der Waals surface area contributed by atoms with E-state index in [4.69, 9.17) is 9.15 Å². The van der Waals surface area contributed by atoms with Crippen LogP contribution in [0, 0.1) is 5.92 Å². The fourth-order valence-electron chi connectivity index (χ4n) is 2.45. The molecule has 0 fully saturated rings. The third-order valence-corrected chi connectivity index (χ3v) is 3.48. The number of benzene rings is 1. The van der Waals surface area contributed by atoms with Crippen molar-refractivity contribution in [3.63, 3.8) is 0 Å². The molecule has 0 spiro atoms. The normalized spacial score (nSPS) is 17.9. The molecule has 0 radical (unpaired) electrons. The van der Waals surface area contributed by atoms with E-state index in [-0.39, 0.29) is 0 Å². The van der Waals surface area contributed by atoms with Gasteiger partial charge in [-0.15, -0.1) is 0 Å². The van der Waals surface area contributed by atoms with Crippen LogP contribution in [0.2, 0.25) is 0 Å². The van der Waals surface area contributed by atoms with Gasteiger partial charge in [0.2, 0.25) is 0 Å². The second-order valence-corrected chi connectivity index (χ2v) is 5.06. The minimum Gasteiger partial charge on any atom is -0.493 e. The van der Waals surface area contributed by atoms with Crippen LogP contribution in [0.25, 0.3) is 6.08 Å². The summed E-state index contributed by atoms with van der Waals surface area (Å²) < 4.78 is 11.0. The van der Waals surface area contributed by atoms with Crippen molar-refractivity contribution in [2.24, 2.45) is 5.92 Å². The van der Waals surface area contributed by atoms with E-state index in [0.717, 1.165) is 37.6 Å². The van der Waals surface area contributed by atoms with Crippen molar-refractivity contribution < 1.29 is 9.15 Å². The quantitative estimate of drug-likeness (QED) is 0.847. The number of rotatable bonds is 5. The molecule has 1 atom stereocenters. The number of furan rings is 1. The Morgan fingerprint density at radius 1 is 1.20 bits per heavy atom. The van der Waals surface area contributed by atoms with Gasteiger partial charge in [0.25, 0.3) is 0 Å². The second-order valence-electron chi connectivity index (χ2n) is 5.06. The lowest BCUT2D eigenvalue weighted by Gasteiger charge is -2.25. The van der Waals surface area contributed by atoms with Gasteiger partial charge in [0.15, 0.2) is 0 Å². The van der Waals surface area contributed by atoms with Crippen LogP contribution in [0.15, 0.2) is 53.2 Å². The van der Waals surface area contributed by atoms with Gasteiger partial charge in [-0.05, 0) is 36.3 Å². The second kappa shape index (κ2) is 6.44. The van der Waals surface area contributed by atoms with Crippen molar-refractivity contribution in [2.75, 3.05) is 19.7 Å². The molecule has 0 saturated heterocycles. The third kappa shape index (κ3) is 3.31. The van der Waals surface area contributed by atoms with Gasteiger partial charge < -0.3 is 14.5 Å². The zero-order valence-corrected chi connectivity index (χ0v) is 11.4. The molecule has 1 aromatic heterocycles. The van der Waals surface area contributed by atoms with Gasteiger partial charge in [-0.25, -0.2) is 0 Å². The maximum atomic E-state index is 5.78. The van der Waals surface area contributed by atoms with E-state index in [1.807, 2.05) is 30.3 Å². The lowest BCUT2D eigenvalue weighted by molar-refractivity contribution is 0.219. The van der Waals surface area contributed by atoms with Gasteiger partial charge in [-0.2, -0.15) is 0 Å². The topological polar surface area (TPSA) is 34.4 Å². The zero-order chi connectivity index (χ0) is 13.6. The number of ether oxygens (including phenoxy) is 1. The number of hydrogen-bond donors (Lipinski definition) is 1. The maximum Gasteiger partial charge on any atom is 0.126 e. The molecule has 1 N–H and O–H groups in total. The third-order valence-electron chi connectivity index (χ3n) is 3.48. The summed E-state index contributed by atoms with van der Waals surface area (Å²) in [5, 5.41) is 3.44. The first kappa shape index (κ1) is 13.0. The lowest BCUT2D eigenvalue weighted by atomic mass is 9.97.